The number of aryl methyl sites for hydroxylation is 1. The lowest BCUT2D eigenvalue weighted by molar-refractivity contribution is 0.416. The number of anilines is 1. The van der Waals surface area contributed by atoms with Crippen LogP contribution in [0, 0.1) is 6.92 Å². The van der Waals surface area contributed by atoms with E-state index in [2.05, 4.69) is 48.2 Å². The Morgan fingerprint density at radius 2 is 2.05 bits per heavy atom. The number of methoxy groups -OCH3 is 1. The van der Waals surface area contributed by atoms with E-state index in [4.69, 9.17) is 4.74 Å². The van der Waals surface area contributed by atoms with Crippen molar-refractivity contribution in [3.63, 3.8) is 0 Å². The van der Waals surface area contributed by atoms with Gasteiger partial charge in [-0.25, -0.2) is 4.98 Å². The molecule has 1 aromatic heterocycles. The Kier molecular flexibility index (Phi) is 4.82. The molecule has 0 amide bonds. The van der Waals surface area contributed by atoms with E-state index >= 15 is 0 Å². The van der Waals surface area contributed by atoms with Crippen LogP contribution in [0.5, 0.6) is 5.75 Å². The van der Waals surface area contributed by atoms with Crippen molar-refractivity contribution in [3.8, 4) is 5.75 Å². The van der Waals surface area contributed by atoms with E-state index in [1.807, 2.05) is 31.2 Å². The van der Waals surface area contributed by atoms with Crippen LogP contribution in [0.1, 0.15) is 11.3 Å². The summed E-state index contributed by atoms with van der Waals surface area (Å²) in [5.41, 5.74) is 3.09. The number of hydrogen-bond donors (Lipinski definition) is 1. The highest BCUT2D eigenvalue weighted by Gasteiger charge is 2.08. The summed E-state index contributed by atoms with van der Waals surface area (Å²) in [4.78, 5) is 4.40. The topological polar surface area (TPSA) is 34.1 Å². The molecule has 0 atom stereocenters. The molecule has 19 heavy (non-hydrogen) atoms. The first kappa shape index (κ1) is 14.3. The minimum Gasteiger partial charge on any atom is -0.495 e. The first-order chi connectivity index (χ1) is 9.10. The third-order valence-electron chi connectivity index (χ3n) is 2.70. The van der Waals surface area contributed by atoms with Crippen LogP contribution >= 0.6 is 31.9 Å². The fourth-order valence-electron chi connectivity index (χ4n) is 1.83. The quantitative estimate of drug-likeness (QED) is 0.784. The predicted octanol–water partition coefficient (Wildman–Crippen LogP) is 4.54. The molecule has 1 aromatic carbocycles. The van der Waals surface area contributed by atoms with Crippen LogP contribution in [-0.4, -0.2) is 12.1 Å². The molecule has 0 spiro atoms. The normalized spacial score (nSPS) is 10.3. The van der Waals surface area contributed by atoms with Gasteiger partial charge in [0.2, 0.25) is 0 Å². The summed E-state index contributed by atoms with van der Waals surface area (Å²) >= 11 is 6.84. The standard InChI is InChI=1S/C14H14Br2N2O/c1-9-6-10(15)7-12(19-2)14(9)17-8-11-4-3-5-13(16)18-11/h3-7,17H,8H2,1-2H3. The van der Waals surface area contributed by atoms with Crippen LogP contribution < -0.4 is 10.1 Å². The lowest BCUT2D eigenvalue weighted by Gasteiger charge is -2.14. The van der Waals surface area contributed by atoms with Gasteiger partial charge in [0.15, 0.2) is 0 Å². The zero-order chi connectivity index (χ0) is 13.8. The minimum absolute atomic E-state index is 0.651. The zero-order valence-corrected chi connectivity index (χ0v) is 13.9. The van der Waals surface area contributed by atoms with E-state index in [1.54, 1.807) is 7.11 Å². The van der Waals surface area contributed by atoms with Gasteiger partial charge in [-0.2, -0.15) is 0 Å². The molecule has 1 heterocycles. The third kappa shape index (κ3) is 3.70. The van der Waals surface area contributed by atoms with Crippen molar-refractivity contribution in [1.82, 2.24) is 4.98 Å². The van der Waals surface area contributed by atoms with E-state index in [-0.39, 0.29) is 0 Å². The zero-order valence-electron chi connectivity index (χ0n) is 10.7. The van der Waals surface area contributed by atoms with Gasteiger partial charge in [0.25, 0.3) is 0 Å². The number of nitrogens with zero attached hydrogens (tertiary/aromatic N) is 1. The van der Waals surface area contributed by atoms with Crippen molar-refractivity contribution in [2.45, 2.75) is 13.5 Å². The van der Waals surface area contributed by atoms with E-state index in [1.165, 1.54) is 0 Å². The Morgan fingerprint density at radius 3 is 2.74 bits per heavy atom. The summed E-state index contributed by atoms with van der Waals surface area (Å²) in [5, 5.41) is 3.37. The van der Waals surface area contributed by atoms with Gasteiger partial charge in [0.05, 0.1) is 25.0 Å². The molecule has 100 valence electrons. The molecule has 0 aliphatic carbocycles. The molecule has 0 aliphatic heterocycles. The molecule has 2 aromatic rings. The summed E-state index contributed by atoms with van der Waals surface area (Å²) in [6.45, 7) is 2.70. The molecule has 0 aliphatic rings. The highest BCUT2D eigenvalue weighted by atomic mass is 79.9. The lowest BCUT2D eigenvalue weighted by atomic mass is 10.2. The molecule has 1 N–H and O–H groups in total. The Hall–Kier alpha value is -1.07. The van der Waals surface area contributed by atoms with Crippen molar-refractivity contribution in [2.24, 2.45) is 0 Å². The smallest absolute Gasteiger partial charge is 0.143 e. The summed E-state index contributed by atoms with van der Waals surface area (Å²) in [5.74, 6) is 0.821. The Balaban J connectivity index is 2.19. The predicted molar refractivity (Wildman–Crippen MR) is 84.7 cm³/mol. The molecule has 5 heteroatoms. The number of ether oxygens (including phenoxy) is 1. The minimum atomic E-state index is 0.651. The molecule has 0 saturated carbocycles. The summed E-state index contributed by atoms with van der Waals surface area (Å²) < 4.78 is 7.24. The molecule has 0 unspecified atom stereocenters. The first-order valence-corrected chi connectivity index (χ1v) is 7.38. The van der Waals surface area contributed by atoms with Crippen LogP contribution in [0.4, 0.5) is 5.69 Å². The monoisotopic (exact) mass is 384 g/mol. The highest BCUT2D eigenvalue weighted by Crippen LogP contribution is 2.32. The van der Waals surface area contributed by atoms with Gasteiger partial charge in [-0.05, 0) is 52.7 Å². The van der Waals surface area contributed by atoms with E-state index < -0.39 is 0 Å². The largest absolute Gasteiger partial charge is 0.495 e. The SMILES string of the molecule is COc1cc(Br)cc(C)c1NCc1cccc(Br)n1. The molecule has 0 saturated heterocycles. The second-order valence-corrected chi connectivity index (χ2v) is 5.83. The summed E-state index contributed by atoms with van der Waals surface area (Å²) in [7, 11) is 1.67. The number of pyridine rings is 1. The van der Waals surface area contributed by atoms with Crippen LogP contribution in [0.2, 0.25) is 0 Å². The molecule has 0 radical (unpaired) electrons. The maximum atomic E-state index is 5.40. The Bertz CT molecular complexity index is 588. The number of nitrogens with one attached hydrogen (secondary N) is 1. The number of aromatic nitrogens is 1. The molecular formula is C14H14Br2N2O. The van der Waals surface area contributed by atoms with E-state index in [9.17, 15) is 0 Å². The average molecular weight is 386 g/mol. The van der Waals surface area contributed by atoms with E-state index in [0.717, 1.165) is 31.8 Å². The average Bonchev–Trinajstić information content (AvgIpc) is 2.37. The van der Waals surface area contributed by atoms with Gasteiger partial charge in [-0.15, -0.1) is 0 Å². The molecule has 2 rings (SSSR count). The fraction of sp³-hybridized carbons (Fsp3) is 0.214. The Labute approximate surface area is 129 Å². The van der Waals surface area contributed by atoms with E-state index in [0.29, 0.717) is 6.54 Å². The van der Waals surface area contributed by atoms with Crippen LogP contribution in [0.25, 0.3) is 0 Å². The lowest BCUT2D eigenvalue weighted by Crippen LogP contribution is -2.04. The maximum Gasteiger partial charge on any atom is 0.143 e. The first-order valence-electron chi connectivity index (χ1n) is 5.79. The van der Waals surface area contributed by atoms with Crippen LogP contribution in [0.15, 0.2) is 39.4 Å². The van der Waals surface area contributed by atoms with Gasteiger partial charge in [-0.3, -0.25) is 0 Å². The van der Waals surface area contributed by atoms with Crippen molar-refractivity contribution in [3.05, 3.63) is 50.7 Å². The number of rotatable bonds is 4. The van der Waals surface area contributed by atoms with Crippen molar-refractivity contribution >= 4 is 37.5 Å². The second-order valence-electron chi connectivity index (χ2n) is 4.11. The highest BCUT2D eigenvalue weighted by molar-refractivity contribution is 9.10. The van der Waals surface area contributed by atoms with Gasteiger partial charge < -0.3 is 10.1 Å². The third-order valence-corrected chi connectivity index (χ3v) is 3.60. The van der Waals surface area contributed by atoms with Gasteiger partial charge in [0, 0.05) is 4.47 Å². The Morgan fingerprint density at radius 1 is 1.26 bits per heavy atom. The molecule has 0 bridgehead atoms. The van der Waals surface area contributed by atoms with Crippen LogP contribution in [0.3, 0.4) is 0 Å². The number of hydrogen-bond acceptors (Lipinski definition) is 3. The molecule has 3 nitrogen and oxygen atoms in total. The van der Waals surface area contributed by atoms with Crippen LogP contribution in [-0.2, 0) is 6.54 Å². The molecule has 0 fully saturated rings. The van der Waals surface area contributed by atoms with Gasteiger partial charge in [0.1, 0.15) is 10.4 Å². The van der Waals surface area contributed by atoms with Crippen molar-refractivity contribution in [1.29, 1.82) is 0 Å². The molecular weight excluding hydrogens is 372 g/mol. The number of benzene rings is 1. The summed E-state index contributed by atoms with van der Waals surface area (Å²) in [6, 6.07) is 9.87. The van der Waals surface area contributed by atoms with Crippen molar-refractivity contribution < 1.29 is 4.74 Å². The van der Waals surface area contributed by atoms with Crippen molar-refractivity contribution in [2.75, 3.05) is 12.4 Å². The number of halogens is 2. The fourth-order valence-corrected chi connectivity index (χ4v) is 2.76. The van der Waals surface area contributed by atoms with Gasteiger partial charge in [-0.1, -0.05) is 22.0 Å². The van der Waals surface area contributed by atoms with Gasteiger partial charge >= 0.3 is 0 Å². The maximum absolute atomic E-state index is 5.40. The summed E-state index contributed by atoms with van der Waals surface area (Å²) in [6.07, 6.45) is 0. The second kappa shape index (κ2) is 6.39.